The van der Waals surface area contributed by atoms with E-state index in [1.165, 1.54) is 0 Å². The van der Waals surface area contributed by atoms with Gasteiger partial charge in [0.15, 0.2) is 0 Å². The van der Waals surface area contributed by atoms with Crippen molar-refractivity contribution in [2.24, 2.45) is 7.05 Å². The van der Waals surface area contributed by atoms with Gasteiger partial charge in [0.1, 0.15) is 0 Å². The van der Waals surface area contributed by atoms with Crippen molar-refractivity contribution in [2.45, 2.75) is 19.9 Å². The first-order valence-corrected chi connectivity index (χ1v) is 7.27. The standard InChI is InChI=1S/C15H16ClN5O/c1-9(13-8-21(3)20-10(13)2)17-15-19-18-14(22-15)11-5-4-6-12(16)7-11/h4-9H,1-3H3,(H,17,19). The molecule has 0 aliphatic rings. The van der Waals surface area contributed by atoms with Crippen molar-refractivity contribution in [2.75, 3.05) is 5.32 Å². The Bertz CT molecular complexity index is 795. The minimum Gasteiger partial charge on any atom is -0.403 e. The summed E-state index contributed by atoms with van der Waals surface area (Å²) in [5, 5.41) is 16.2. The number of halogens is 1. The van der Waals surface area contributed by atoms with Gasteiger partial charge in [0.05, 0.1) is 11.7 Å². The zero-order valence-electron chi connectivity index (χ0n) is 12.5. The van der Waals surface area contributed by atoms with Crippen LogP contribution in [0.4, 0.5) is 6.01 Å². The van der Waals surface area contributed by atoms with Crippen LogP contribution >= 0.6 is 11.6 Å². The van der Waals surface area contributed by atoms with E-state index in [1.54, 1.807) is 16.8 Å². The number of nitrogens with zero attached hydrogens (tertiary/aromatic N) is 4. The summed E-state index contributed by atoms with van der Waals surface area (Å²) < 4.78 is 7.43. The highest BCUT2D eigenvalue weighted by atomic mass is 35.5. The van der Waals surface area contributed by atoms with Crippen LogP contribution < -0.4 is 5.32 Å². The van der Waals surface area contributed by atoms with Crippen LogP contribution in [-0.4, -0.2) is 20.0 Å². The van der Waals surface area contributed by atoms with Crippen molar-refractivity contribution in [3.8, 4) is 11.5 Å². The molecule has 6 nitrogen and oxygen atoms in total. The predicted octanol–water partition coefficient (Wildman–Crippen LogP) is 3.61. The van der Waals surface area contributed by atoms with Gasteiger partial charge in [-0.15, -0.1) is 5.10 Å². The Labute approximate surface area is 133 Å². The molecule has 1 N–H and O–H groups in total. The Morgan fingerprint density at radius 1 is 1.32 bits per heavy atom. The Hall–Kier alpha value is -2.34. The zero-order valence-corrected chi connectivity index (χ0v) is 13.3. The first-order chi connectivity index (χ1) is 10.5. The molecule has 1 unspecified atom stereocenters. The highest BCUT2D eigenvalue weighted by molar-refractivity contribution is 6.30. The number of aromatic nitrogens is 4. The van der Waals surface area contributed by atoms with Crippen molar-refractivity contribution in [1.82, 2.24) is 20.0 Å². The lowest BCUT2D eigenvalue weighted by atomic mass is 10.1. The van der Waals surface area contributed by atoms with E-state index < -0.39 is 0 Å². The molecular weight excluding hydrogens is 302 g/mol. The third-order valence-corrected chi connectivity index (χ3v) is 3.59. The van der Waals surface area contributed by atoms with Gasteiger partial charge >= 0.3 is 6.01 Å². The molecule has 3 rings (SSSR count). The van der Waals surface area contributed by atoms with Crippen LogP contribution in [0.5, 0.6) is 0 Å². The van der Waals surface area contributed by atoms with Crippen LogP contribution in [0, 0.1) is 6.92 Å². The van der Waals surface area contributed by atoms with E-state index in [0.717, 1.165) is 16.8 Å². The molecule has 0 spiro atoms. The predicted molar refractivity (Wildman–Crippen MR) is 84.7 cm³/mol. The first-order valence-electron chi connectivity index (χ1n) is 6.89. The second-order valence-electron chi connectivity index (χ2n) is 5.13. The SMILES string of the molecule is Cc1nn(C)cc1C(C)Nc1nnc(-c2cccc(Cl)c2)o1. The van der Waals surface area contributed by atoms with Gasteiger partial charge in [-0.1, -0.05) is 22.8 Å². The average molecular weight is 318 g/mol. The number of rotatable bonds is 4. The molecule has 0 saturated heterocycles. The fourth-order valence-corrected chi connectivity index (χ4v) is 2.52. The molecule has 114 valence electrons. The molecule has 0 fully saturated rings. The molecule has 0 aliphatic heterocycles. The minimum absolute atomic E-state index is 0.0151. The molecule has 0 saturated carbocycles. The van der Waals surface area contributed by atoms with Crippen LogP contribution in [0.2, 0.25) is 5.02 Å². The molecule has 0 aliphatic carbocycles. The van der Waals surface area contributed by atoms with E-state index in [-0.39, 0.29) is 6.04 Å². The number of anilines is 1. The van der Waals surface area contributed by atoms with E-state index in [0.29, 0.717) is 16.9 Å². The summed E-state index contributed by atoms with van der Waals surface area (Å²) in [6, 6.07) is 7.68. The molecule has 0 amide bonds. The quantitative estimate of drug-likeness (QED) is 0.796. The lowest BCUT2D eigenvalue weighted by Crippen LogP contribution is -2.07. The summed E-state index contributed by atoms with van der Waals surface area (Å²) in [7, 11) is 1.90. The summed E-state index contributed by atoms with van der Waals surface area (Å²) in [6.45, 7) is 3.99. The van der Waals surface area contributed by atoms with Gasteiger partial charge in [0.25, 0.3) is 0 Å². The number of benzene rings is 1. The lowest BCUT2D eigenvalue weighted by Gasteiger charge is -2.10. The molecule has 1 atom stereocenters. The normalized spacial score (nSPS) is 12.4. The summed E-state index contributed by atoms with van der Waals surface area (Å²) in [6.07, 6.45) is 1.97. The Kier molecular flexibility index (Phi) is 3.85. The fourth-order valence-electron chi connectivity index (χ4n) is 2.33. The maximum atomic E-state index is 5.97. The van der Waals surface area contributed by atoms with E-state index >= 15 is 0 Å². The molecule has 2 aromatic heterocycles. The average Bonchev–Trinajstić information content (AvgIpc) is 3.05. The van der Waals surface area contributed by atoms with E-state index in [9.17, 15) is 0 Å². The third-order valence-electron chi connectivity index (χ3n) is 3.35. The molecule has 3 aromatic rings. The van der Waals surface area contributed by atoms with E-state index in [2.05, 4.69) is 20.6 Å². The molecule has 0 bridgehead atoms. The van der Waals surface area contributed by atoms with Crippen LogP contribution in [0.3, 0.4) is 0 Å². The highest BCUT2D eigenvalue weighted by Gasteiger charge is 2.15. The molecule has 0 radical (unpaired) electrons. The second-order valence-corrected chi connectivity index (χ2v) is 5.57. The van der Waals surface area contributed by atoms with Gasteiger partial charge < -0.3 is 9.73 Å². The molecular formula is C15H16ClN5O. The number of nitrogens with one attached hydrogen (secondary N) is 1. The minimum atomic E-state index is 0.0151. The summed E-state index contributed by atoms with van der Waals surface area (Å²) in [4.78, 5) is 0. The summed E-state index contributed by atoms with van der Waals surface area (Å²) in [5.74, 6) is 0.431. The van der Waals surface area contributed by atoms with Crippen molar-refractivity contribution in [3.05, 3.63) is 46.7 Å². The molecule has 1 aromatic carbocycles. The maximum Gasteiger partial charge on any atom is 0.316 e. The number of hydrogen-bond donors (Lipinski definition) is 1. The van der Waals surface area contributed by atoms with Gasteiger partial charge in [-0.3, -0.25) is 4.68 Å². The largest absolute Gasteiger partial charge is 0.403 e. The van der Waals surface area contributed by atoms with Crippen LogP contribution in [0.1, 0.15) is 24.2 Å². The zero-order chi connectivity index (χ0) is 15.7. The molecule has 22 heavy (non-hydrogen) atoms. The summed E-state index contributed by atoms with van der Waals surface area (Å²) >= 11 is 5.97. The van der Waals surface area contributed by atoms with E-state index in [4.69, 9.17) is 16.0 Å². The Morgan fingerprint density at radius 2 is 2.14 bits per heavy atom. The monoisotopic (exact) mass is 317 g/mol. The first kappa shape index (κ1) is 14.6. The van der Waals surface area contributed by atoms with Crippen LogP contribution in [0.25, 0.3) is 11.5 Å². The van der Waals surface area contributed by atoms with E-state index in [1.807, 2.05) is 39.2 Å². The van der Waals surface area contributed by atoms with Crippen molar-refractivity contribution in [1.29, 1.82) is 0 Å². The molecule has 7 heteroatoms. The Balaban J connectivity index is 1.78. The van der Waals surface area contributed by atoms with Gasteiger partial charge in [0, 0.05) is 29.4 Å². The smallest absolute Gasteiger partial charge is 0.316 e. The molecule has 2 heterocycles. The number of hydrogen-bond acceptors (Lipinski definition) is 5. The van der Waals surface area contributed by atoms with Gasteiger partial charge in [-0.25, -0.2) is 0 Å². The summed E-state index contributed by atoms with van der Waals surface area (Å²) in [5.41, 5.74) is 2.85. The van der Waals surface area contributed by atoms with Gasteiger partial charge in [0.2, 0.25) is 5.89 Å². The second kappa shape index (κ2) is 5.81. The van der Waals surface area contributed by atoms with Crippen molar-refractivity contribution >= 4 is 17.6 Å². The maximum absolute atomic E-state index is 5.97. The van der Waals surface area contributed by atoms with Crippen LogP contribution in [-0.2, 0) is 7.05 Å². The van der Waals surface area contributed by atoms with Gasteiger partial charge in [-0.05, 0) is 32.0 Å². The van der Waals surface area contributed by atoms with Crippen molar-refractivity contribution < 1.29 is 4.42 Å². The Morgan fingerprint density at radius 3 is 2.82 bits per heavy atom. The van der Waals surface area contributed by atoms with Gasteiger partial charge in [-0.2, -0.15) is 5.10 Å². The topological polar surface area (TPSA) is 68.8 Å². The van der Waals surface area contributed by atoms with Crippen molar-refractivity contribution in [3.63, 3.8) is 0 Å². The fraction of sp³-hybridized carbons (Fsp3) is 0.267. The van der Waals surface area contributed by atoms with Crippen LogP contribution in [0.15, 0.2) is 34.9 Å². The highest BCUT2D eigenvalue weighted by Crippen LogP contribution is 2.25. The third kappa shape index (κ3) is 2.96. The lowest BCUT2D eigenvalue weighted by molar-refractivity contribution is 0.573. The number of aryl methyl sites for hydroxylation is 2.